The van der Waals surface area contributed by atoms with Gasteiger partial charge in [-0.25, -0.2) is 0 Å². The average molecular weight is 376 g/mol. The highest BCUT2D eigenvalue weighted by molar-refractivity contribution is 5.84. The Bertz CT molecular complexity index is 639. The fourth-order valence-corrected chi connectivity index (χ4v) is 3.20. The molecule has 0 unspecified atom stereocenters. The Labute approximate surface area is 159 Å². The van der Waals surface area contributed by atoms with Gasteiger partial charge in [0.15, 0.2) is 0 Å². The molecule has 1 saturated heterocycles. The van der Waals surface area contributed by atoms with E-state index < -0.39 is 5.97 Å². The number of aliphatic carboxylic acids is 1. The van der Waals surface area contributed by atoms with Crippen LogP contribution in [0.15, 0.2) is 30.3 Å². The largest absolute Gasteiger partial charge is 0.493 e. The topological polar surface area (TPSA) is 87.2 Å². The van der Waals surface area contributed by atoms with E-state index in [1.165, 1.54) is 4.90 Å². The molecule has 1 fully saturated rings. The lowest BCUT2D eigenvalue weighted by molar-refractivity contribution is -0.149. The van der Waals surface area contributed by atoms with Gasteiger partial charge in [0.2, 0.25) is 11.8 Å². The maximum Gasteiger partial charge on any atom is 0.323 e. The van der Waals surface area contributed by atoms with Crippen molar-refractivity contribution < 1.29 is 24.2 Å². The van der Waals surface area contributed by atoms with Crippen LogP contribution >= 0.6 is 0 Å². The van der Waals surface area contributed by atoms with Crippen molar-refractivity contribution in [3.05, 3.63) is 30.3 Å². The zero-order valence-corrected chi connectivity index (χ0v) is 16.0. The Morgan fingerprint density at radius 3 is 2.37 bits per heavy atom. The first-order valence-corrected chi connectivity index (χ1v) is 9.36. The van der Waals surface area contributed by atoms with Crippen molar-refractivity contribution in [2.24, 2.45) is 5.92 Å². The van der Waals surface area contributed by atoms with E-state index in [9.17, 15) is 14.4 Å². The summed E-state index contributed by atoms with van der Waals surface area (Å²) in [6.07, 6.45) is 1.42. The molecule has 27 heavy (non-hydrogen) atoms. The number of carboxylic acid groups (broad SMARTS) is 1. The van der Waals surface area contributed by atoms with Crippen LogP contribution in [0.3, 0.4) is 0 Å². The first kappa shape index (κ1) is 20.7. The molecule has 0 spiro atoms. The second kappa shape index (κ2) is 9.94. The number of para-hydroxylation sites is 1. The maximum absolute atomic E-state index is 12.6. The molecule has 2 amide bonds. The van der Waals surface area contributed by atoms with Gasteiger partial charge in [-0.2, -0.15) is 0 Å². The molecule has 2 rings (SSSR count). The Morgan fingerprint density at radius 2 is 1.81 bits per heavy atom. The Balaban J connectivity index is 1.77. The van der Waals surface area contributed by atoms with Crippen molar-refractivity contribution >= 4 is 17.8 Å². The minimum atomic E-state index is -1.01. The van der Waals surface area contributed by atoms with Gasteiger partial charge < -0.3 is 19.6 Å². The van der Waals surface area contributed by atoms with Crippen LogP contribution in [-0.2, 0) is 14.4 Å². The van der Waals surface area contributed by atoms with Crippen molar-refractivity contribution in [1.82, 2.24) is 9.80 Å². The quantitative estimate of drug-likeness (QED) is 0.750. The number of nitrogens with zero attached hydrogens (tertiary/aromatic N) is 2. The van der Waals surface area contributed by atoms with Gasteiger partial charge in [0, 0.05) is 25.0 Å². The van der Waals surface area contributed by atoms with E-state index in [1.54, 1.807) is 4.90 Å². The molecule has 1 aromatic carbocycles. The fraction of sp³-hybridized carbons (Fsp3) is 0.550. The molecule has 0 atom stereocenters. The van der Waals surface area contributed by atoms with Gasteiger partial charge in [-0.05, 0) is 38.8 Å². The van der Waals surface area contributed by atoms with E-state index in [1.807, 2.05) is 44.2 Å². The number of carboxylic acids is 1. The summed E-state index contributed by atoms with van der Waals surface area (Å²) in [5.41, 5.74) is 0. The number of piperidine rings is 1. The number of carbonyl (C=O) groups is 3. The summed E-state index contributed by atoms with van der Waals surface area (Å²) in [6, 6.07) is 9.19. The molecule has 0 saturated carbocycles. The van der Waals surface area contributed by atoms with Crippen LogP contribution in [-0.4, -0.2) is 65.0 Å². The van der Waals surface area contributed by atoms with Gasteiger partial charge in [0.05, 0.1) is 13.0 Å². The van der Waals surface area contributed by atoms with E-state index in [2.05, 4.69) is 0 Å². The highest BCUT2D eigenvalue weighted by Crippen LogP contribution is 2.21. The number of rotatable bonds is 8. The van der Waals surface area contributed by atoms with Gasteiger partial charge in [0.1, 0.15) is 12.3 Å². The average Bonchev–Trinajstić information content (AvgIpc) is 2.66. The number of amides is 2. The summed E-state index contributed by atoms with van der Waals surface area (Å²) in [5.74, 6) is -0.615. The van der Waals surface area contributed by atoms with E-state index in [0.717, 1.165) is 5.75 Å². The monoisotopic (exact) mass is 376 g/mol. The lowest BCUT2D eigenvalue weighted by Crippen LogP contribution is -2.48. The van der Waals surface area contributed by atoms with Crippen molar-refractivity contribution in [2.45, 2.75) is 39.2 Å². The van der Waals surface area contributed by atoms with E-state index >= 15 is 0 Å². The Hall–Kier alpha value is -2.57. The minimum absolute atomic E-state index is 0.0167. The Morgan fingerprint density at radius 1 is 1.19 bits per heavy atom. The Kier molecular flexibility index (Phi) is 7.64. The highest BCUT2D eigenvalue weighted by Gasteiger charge is 2.31. The van der Waals surface area contributed by atoms with Crippen LogP contribution < -0.4 is 4.74 Å². The molecule has 0 aromatic heterocycles. The third-order valence-corrected chi connectivity index (χ3v) is 4.74. The second-order valence-corrected chi connectivity index (χ2v) is 7.02. The predicted octanol–water partition coefficient (Wildman–Crippen LogP) is 2.02. The first-order chi connectivity index (χ1) is 12.9. The molecule has 7 heteroatoms. The smallest absolute Gasteiger partial charge is 0.323 e. The number of likely N-dealkylation sites (tertiary alicyclic amines) is 1. The van der Waals surface area contributed by atoms with E-state index in [0.29, 0.717) is 39.0 Å². The number of hydrogen-bond acceptors (Lipinski definition) is 4. The summed E-state index contributed by atoms with van der Waals surface area (Å²) in [4.78, 5) is 39.1. The zero-order valence-electron chi connectivity index (χ0n) is 16.0. The highest BCUT2D eigenvalue weighted by atomic mass is 16.5. The lowest BCUT2D eigenvalue weighted by Gasteiger charge is -2.35. The van der Waals surface area contributed by atoms with Crippen LogP contribution in [0.1, 0.15) is 33.1 Å². The SMILES string of the molecule is CC(C)N(CC(=O)O)C(=O)C1CCN(C(=O)CCOc2ccccc2)CC1. The van der Waals surface area contributed by atoms with E-state index in [-0.39, 0.29) is 30.3 Å². The fourth-order valence-electron chi connectivity index (χ4n) is 3.20. The molecular weight excluding hydrogens is 348 g/mol. The van der Waals surface area contributed by atoms with Crippen LogP contribution in [0.5, 0.6) is 5.75 Å². The molecule has 0 radical (unpaired) electrons. The third-order valence-electron chi connectivity index (χ3n) is 4.74. The summed E-state index contributed by atoms with van der Waals surface area (Å²) < 4.78 is 5.56. The lowest BCUT2D eigenvalue weighted by atomic mass is 9.94. The summed E-state index contributed by atoms with van der Waals surface area (Å²) in [5, 5.41) is 9.00. The number of ether oxygens (including phenoxy) is 1. The molecule has 148 valence electrons. The molecule has 7 nitrogen and oxygen atoms in total. The summed E-state index contributed by atoms with van der Waals surface area (Å²) in [7, 11) is 0. The molecule has 1 heterocycles. The van der Waals surface area contributed by atoms with Gasteiger partial charge in [-0.3, -0.25) is 14.4 Å². The van der Waals surface area contributed by atoms with Gasteiger partial charge >= 0.3 is 5.97 Å². The third kappa shape index (κ3) is 6.27. The normalized spacial score (nSPS) is 14.9. The minimum Gasteiger partial charge on any atom is -0.493 e. The van der Waals surface area contributed by atoms with Crippen molar-refractivity contribution in [3.8, 4) is 5.75 Å². The van der Waals surface area contributed by atoms with Crippen LogP contribution in [0.25, 0.3) is 0 Å². The van der Waals surface area contributed by atoms with Gasteiger partial charge in [-0.1, -0.05) is 18.2 Å². The van der Waals surface area contributed by atoms with Crippen LogP contribution in [0.4, 0.5) is 0 Å². The molecule has 0 bridgehead atoms. The van der Waals surface area contributed by atoms with Crippen molar-refractivity contribution in [3.63, 3.8) is 0 Å². The molecular formula is C20H28N2O5. The van der Waals surface area contributed by atoms with Gasteiger partial charge in [0.25, 0.3) is 0 Å². The zero-order chi connectivity index (χ0) is 19.8. The number of carbonyl (C=O) groups excluding carboxylic acids is 2. The molecule has 1 aromatic rings. The number of benzene rings is 1. The second-order valence-electron chi connectivity index (χ2n) is 7.02. The summed E-state index contributed by atoms with van der Waals surface area (Å²) in [6.45, 7) is 4.69. The standard InChI is InChI=1S/C20H28N2O5/c1-15(2)22(14-19(24)25)20(26)16-8-11-21(12-9-16)18(23)10-13-27-17-6-4-3-5-7-17/h3-7,15-16H,8-14H2,1-2H3,(H,24,25). The maximum atomic E-state index is 12.6. The molecule has 1 aliphatic heterocycles. The van der Waals surface area contributed by atoms with Gasteiger partial charge in [-0.15, -0.1) is 0 Å². The number of hydrogen-bond donors (Lipinski definition) is 1. The first-order valence-electron chi connectivity index (χ1n) is 9.36. The van der Waals surface area contributed by atoms with E-state index in [4.69, 9.17) is 9.84 Å². The molecule has 0 aliphatic carbocycles. The van der Waals surface area contributed by atoms with Crippen molar-refractivity contribution in [1.29, 1.82) is 0 Å². The van der Waals surface area contributed by atoms with Crippen molar-refractivity contribution in [2.75, 3.05) is 26.2 Å². The van der Waals surface area contributed by atoms with Crippen LogP contribution in [0, 0.1) is 5.92 Å². The van der Waals surface area contributed by atoms with Crippen LogP contribution in [0.2, 0.25) is 0 Å². The predicted molar refractivity (Wildman–Crippen MR) is 100 cm³/mol. The summed E-state index contributed by atoms with van der Waals surface area (Å²) >= 11 is 0. The molecule has 1 N–H and O–H groups in total. The molecule has 1 aliphatic rings.